The molecule has 0 bridgehead atoms. The van der Waals surface area contributed by atoms with Crippen LogP contribution in [0.5, 0.6) is 5.75 Å². The van der Waals surface area contributed by atoms with Gasteiger partial charge in [-0.3, -0.25) is 0 Å². The second-order valence-electron chi connectivity index (χ2n) is 5.02. The van der Waals surface area contributed by atoms with Gasteiger partial charge in [-0.1, -0.05) is 6.07 Å². The summed E-state index contributed by atoms with van der Waals surface area (Å²) < 4.78 is 6.79. The molecule has 0 aliphatic rings. The van der Waals surface area contributed by atoms with E-state index < -0.39 is 0 Å². The van der Waals surface area contributed by atoms with Crippen molar-refractivity contribution < 1.29 is 4.74 Å². The van der Waals surface area contributed by atoms with Gasteiger partial charge in [0.15, 0.2) is 0 Å². The van der Waals surface area contributed by atoms with Gasteiger partial charge in [-0.2, -0.15) is 0 Å². The van der Waals surface area contributed by atoms with Gasteiger partial charge >= 0.3 is 0 Å². The largest absolute Gasteiger partial charge is 0.496 e. The van der Waals surface area contributed by atoms with Crippen LogP contribution in [0.1, 0.15) is 33.2 Å². The molecule has 108 valence electrons. The van der Waals surface area contributed by atoms with Crippen molar-refractivity contribution in [1.82, 2.24) is 5.32 Å². The number of thiophene rings is 1. The Kier molecular flexibility index (Phi) is 4.89. The molecule has 2 aromatic rings. The molecule has 0 amide bonds. The maximum atomic E-state index is 5.60. The lowest BCUT2D eigenvalue weighted by atomic mass is 9.96. The minimum absolute atomic E-state index is 0.153. The summed E-state index contributed by atoms with van der Waals surface area (Å²) in [6.45, 7) is 6.36. The first-order valence-electron chi connectivity index (χ1n) is 6.56. The predicted molar refractivity (Wildman–Crippen MR) is 90.1 cm³/mol. The molecule has 2 nitrogen and oxygen atoms in total. The van der Waals surface area contributed by atoms with Crippen molar-refractivity contribution in [3.63, 3.8) is 0 Å². The van der Waals surface area contributed by atoms with Gasteiger partial charge in [0.25, 0.3) is 0 Å². The first kappa shape index (κ1) is 15.5. The highest BCUT2D eigenvalue weighted by molar-refractivity contribution is 9.11. The zero-order valence-electron chi connectivity index (χ0n) is 12.5. The summed E-state index contributed by atoms with van der Waals surface area (Å²) in [7, 11) is 3.73. The van der Waals surface area contributed by atoms with Gasteiger partial charge in [-0.05, 0) is 72.6 Å². The maximum Gasteiger partial charge on any atom is 0.124 e. The summed E-state index contributed by atoms with van der Waals surface area (Å²) in [5, 5.41) is 3.42. The molecule has 0 aliphatic heterocycles. The number of halogens is 1. The normalized spacial score (nSPS) is 12.5. The molecular formula is C16H20BrNOS. The van der Waals surface area contributed by atoms with Gasteiger partial charge < -0.3 is 10.1 Å². The molecule has 1 heterocycles. The first-order chi connectivity index (χ1) is 9.47. The molecule has 1 atom stereocenters. The van der Waals surface area contributed by atoms with Gasteiger partial charge in [-0.15, -0.1) is 11.3 Å². The highest BCUT2D eigenvalue weighted by Gasteiger charge is 2.21. The third-order valence-electron chi connectivity index (χ3n) is 3.45. The van der Waals surface area contributed by atoms with Crippen LogP contribution >= 0.6 is 27.3 Å². The molecule has 0 saturated heterocycles. The molecular weight excluding hydrogens is 334 g/mol. The highest BCUT2D eigenvalue weighted by atomic mass is 79.9. The van der Waals surface area contributed by atoms with E-state index in [-0.39, 0.29) is 6.04 Å². The molecule has 0 spiro atoms. The van der Waals surface area contributed by atoms with Crippen LogP contribution in [0.15, 0.2) is 22.0 Å². The molecule has 20 heavy (non-hydrogen) atoms. The molecule has 0 fully saturated rings. The first-order valence-corrected chi connectivity index (χ1v) is 8.17. The summed E-state index contributed by atoms with van der Waals surface area (Å²) in [6, 6.07) is 6.69. The summed E-state index contributed by atoms with van der Waals surface area (Å²) in [4.78, 5) is 1.29. The van der Waals surface area contributed by atoms with Crippen LogP contribution in [0.25, 0.3) is 0 Å². The fourth-order valence-corrected chi connectivity index (χ4v) is 4.22. The van der Waals surface area contributed by atoms with Crippen LogP contribution in [0.4, 0.5) is 0 Å². The van der Waals surface area contributed by atoms with E-state index in [1.807, 2.05) is 7.05 Å². The Morgan fingerprint density at radius 1 is 1.15 bits per heavy atom. The average Bonchev–Trinajstić information content (AvgIpc) is 2.72. The summed E-state index contributed by atoms with van der Waals surface area (Å²) in [5.41, 5.74) is 4.97. The second kappa shape index (κ2) is 6.29. The van der Waals surface area contributed by atoms with Gasteiger partial charge in [0.05, 0.1) is 16.9 Å². The van der Waals surface area contributed by atoms with Gasteiger partial charge in [0.2, 0.25) is 0 Å². The standard InChI is InChI=1S/C16H20BrNOS/c1-9-6-10(2)14(12(7-9)19-5)15(18-4)13-8-11(3)16(17)20-13/h6-8,15,18H,1-5H3. The molecule has 1 aromatic heterocycles. The van der Waals surface area contributed by atoms with E-state index >= 15 is 0 Å². The Morgan fingerprint density at radius 2 is 1.85 bits per heavy atom. The lowest BCUT2D eigenvalue weighted by Crippen LogP contribution is -2.18. The zero-order valence-corrected chi connectivity index (χ0v) is 14.9. The summed E-state index contributed by atoms with van der Waals surface area (Å²) in [5.74, 6) is 0.948. The SMILES string of the molecule is CNC(c1cc(C)c(Br)s1)c1c(C)cc(C)cc1OC. The summed E-state index contributed by atoms with van der Waals surface area (Å²) >= 11 is 5.38. The van der Waals surface area contributed by atoms with Crippen molar-refractivity contribution in [3.05, 3.63) is 49.1 Å². The highest BCUT2D eigenvalue weighted by Crippen LogP contribution is 2.39. The van der Waals surface area contributed by atoms with Crippen LogP contribution in [-0.2, 0) is 0 Å². The monoisotopic (exact) mass is 353 g/mol. The van der Waals surface area contributed by atoms with Gasteiger partial charge in [0, 0.05) is 10.4 Å². The average molecular weight is 354 g/mol. The molecule has 1 aromatic carbocycles. The number of nitrogens with one attached hydrogen (secondary N) is 1. The van der Waals surface area contributed by atoms with E-state index in [4.69, 9.17) is 4.74 Å². The van der Waals surface area contributed by atoms with Gasteiger partial charge in [0.1, 0.15) is 5.75 Å². The molecule has 1 unspecified atom stereocenters. The smallest absolute Gasteiger partial charge is 0.124 e. The number of aryl methyl sites for hydroxylation is 3. The quantitative estimate of drug-likeness (QED) is 0.855. The van der Waals surface area contributed by atoms with Crippen LogP contribution in [0.2, 0.25) is 0 Å². The van der Waals surface area contributed by atoms with Crippen molar-refractivity contribution >= 4 is 27.3 Å². The second-order valence-corrected chi connectivity index (χ2v) is 7.43. The molecule has 1 N–H and O–H groups in total. The maximum absolute atomic E-state index is 5.60. The molecule has 0 aliphatic carbocycles. The van der Waals surface area contributed by atoms with E-state index in [0.29, 0.717) is 0 Å². The lowest BCUT2D eigenvalue weighted by molar-refractivity contribution is 0.405. The number of benzene rings is 1. The number of ether oxygens (including phenoxy) is 1. The topological polar surface area (TPSA) is 21.3 Å². The molecule has 0 radical (unpaired) electrons. The van der Waals surface area contributed by atoms with E-state index in [1.165, 1.54) is 30.9 Å². The van der Waals surface area contributed by atoms with E-state index in [0.717, 1.165) is 5.75 Å². The molecule has 4 heteroatoms. The minimum atomic E-state index is 0.153. The van der Waals surface area contributed by atoms with Crippen molar-refractivity contribution in [2.45, 2.75) is 26.8 Å². The van der Waals surface area contributed by atoms with E-state index in [2.05, 4.69) is 60.2 Å². The third kappa shape index (κ3) is 2.92. The van der Waals surface area contributed by atoms with Gasteiger partial charge in [-0.25, -0.2) is 0 Å². The third-order valence-corrected chi connectivity index (χ3v) is 5.65. The zero-order chi connectivity index (χ0) is 14.9. The van der Waals surface area contributed by atoms with Crippen molar-refractivity contribution in [3.8, 4) is 5.75 Å². The Bertz CT molecular complexity index is 602. The van der Waals surface area contributed by atoms with Crippen molar-refractivity contribution in [1.29, 1.82) is 0 Å². The Labute approximate surface area is 133 Å². The van der Waals surface area contributed by atoms with Crippen molar-refractivity contribution in [2.24, 2.45) is 0 Å². The van der Waals surface area contributed by atoms with Crippen LogP contribution in [0.3, 0.4) is 0 Å². The Hall–Kier alpha value is -0.840. The van der Waals surface area contributed by atoms with E-state index in [9.17, 15) is 0 Å². The molecule has 0 saturated carbocycles. The number of hydrogen-bond acceptors (Lipinski definition) is 3. The predicted octanol–water partition coefficient (Wildman–Crippen LogP) is 4.75. The Balaban J connectivity index is 2.57. The molecule has 2 rings (SSSR count). The minimum Gasteiger partial charge on any atom is -0.496 e. The lowest BCUT2D eigenvalue weighted by Gasteiger charge is -2.21. The van der Waals surface area contributed by atoms with Crippen molar-refractivity contribution in [2.75, 3.05) is 14.2 Å². The van der Waals surface area contributed by atoms with Crippen LogP contribution in [-0.4, -0.2) is 14.2 Å². The fraction of sp³-hybridized carbons (Fsp3) is 0.375. The Morgan fingerprint density at radius 3 is 2.35 bits per heavy atom. The fourth-order valence-electron chi connectivity index (χ4n) is 2.53. The summed E-state index contributed by atoms with van der Waals surface area (Å²) in [6.07, 6.45) is 0. The number of hydrogen-bond donors (Lipinski definition) is 1. The van der Waals surface area contributed by atoms with Crippen LogP contribution < -0.4 is 10.1 Å². The number of methoxy groups -OCH3 is 1. The number of rotatable bonds is 4. The van der Waals surface area contributed by atoms with Crippen LogP contribution in [0, 0.1) is 20.8 Å². The van der Waals surface area contributed by atoms with E-state index in [1.54, 1.807) is 18.4 Å².